The molecule has 140 valence electrons. The van der Waals surface area contributed by atoms with Crippen LogP contribution >= 0.6 is 0 Å². The van der Waals surface area contributed by atoms with E-state index in [0.29, 0.717) is 12.5 Å². The third-order valence-electron chi connectivity index (χ3n) is 5.84. The van der Waals surface area contributed by atoms with Crippen molar-refractivity contribution in [2.24, 2.45) is 5.73 Å². The maximum Gasteiger partial charge on any atom is 0.239 e. The van der Waals surface area contributed by atoms with Gasteiger partial charge in [-0.2, -0.15) is 0 Å². The molecule has 1 aromatic heterocycles. The lowest BCUT2D eigenvalue weighted by Crippen LogP contribution is -2.56. The molecule has 6 heteroatoms. The van der Waals surface area contributed by atoms with Gasteiger partial charge in [0.25, 0.3) is 0 Å². The number of piperidine rings is 1. The van der Waals surface area contributed by atoms with Gasteiger partial charge in [-0.05, 0) is 61.5 Å². The first-order valence-corrected chi connectivity index (χ1v) is 9.76. The second-order valence-corrected chi connectivity index (χ2v) is 7.55. The summed E-state index contributed by atoms with van der Waals surface area (Å²) >= 11 is 0. The highest BCUT2D eigenvalue weighted by molar-refractivity contribution is 5.83. The van der Waals surface area contributed by atoms with Gasteiger partial charge in [-0.15, -0.1) is 0 Å². The van der Waals surface area contributed by atoms with Gasteiger partial charge >= 0.3 is 0 Å². The Hall–Kier alpha value is -1.89. The number of nitrogens with two attached hydrogens (primary N) is 1. The highest BCUT2D eigenvalue weighted by Gasteiger charge is 2.29. The van der Waals surface area contributed by atoms with E-state index >= 15 is 0 Å². The summed E-state index contributed by atoms with van der Waals surface area (Å²) in [6, 6.07) is 8.49. The zero-order valence-corrected chi connectivity index (χ0v) is 15.3. The molecule has 4 N–H and O–H groups in total. The number of piperazine rings is 1. The molecule has 0 bridgehead atoms. The molecule has 3 heterocycles. The number of hydrogen-bond acceptors (Lipinski definition) is 4. The number of nitrogens with zero attached hydrogens (tertiary/aromatic N) is 2. The second kappa shape index (κ2) is 7.78. The van der Waals surface area contributed by atoms with Gasteiger partial charge in [0, 0.05) is 43.9 Å². The molecule has 2 aliphatic rings. The molecular formula is C20H29N5O. The lowest BCUT2D eigenvalue weighted by molar-refractivity contribution is -0.134. The number of aromatic nitrogens is 1. The Labute approximate surface area is 154 Å². The average Bonchev–Trinajstić information content (AvgIpc) is 3.16. The van der Waals surface area contributed by atoms with Crippen LogP contribution in [0.25, 0.3) is 10.9 Å². The van der Waals surface area contributed by atoms with Crippen LogP contribution in [0.3, 0.4) is 0 Å². The molecule has 0 spiro atoms. The number of hydrogen-bond donors (Lipinski definition) is 3. The third-order valence-corrected chi connectivity index (χ3v) is 5.84. The smallest absolute Gasteiger partial charge is 0.239 e. The van der Waals surface area contributed by atoms with Crippen LogP contribution in [0.1, 0.15) is 18.4 Å². The molecule has 2 saturated heterocycles. The van der Waals surface area contributed by atoms with Gasteiger partial charge in [-0.3, -0.25) is 9.69 Å². The van der Waals surface area contributed by atoms with Crippen molar-refractivity contribution in [3.63, 3.8) is 0 Å². The number of fused-ring (bicyclic) bond motifs is 1. The number of carbonyl (C=O) groups is 1. The quantitative estimate of drug-likeness (QED) is 0.763. The number of rotatable bonds is 4. The molecule has 26 heavy (non-hydrogen) atoms. The van der Waals surface area contributed by atoms with E-state index in [2.05, 4.69) is 33.4 Å². The number of H-pyrrole nitrogens is 1. The number of amides is 1. The Morgan fingerprint density at radius 3 is 2.69 bits per heavy atom. The van der Waals surface area contributed by atoms with Crippen molar-refractivity contribution in [3.05, 3.63) is 36.0 Å². The Balaban J connectivity index is 1.31. The fourth-order valence-electron chi connectivity index (χ4n) is 4.28. The fourth-order valence-corrected chi connectivity index (χ4v) is 4.28. The van der Waals surface area contributed by atoms with E-state index in [1.807, 2.05) is 17.2 Å². The molecule has 0 radical (unpaired) electrons. The fraction of sp³-hybridized carbons (Fsp3) is 0.550. The minimum absolute atomic E-state index is 0.0872. The molecule has 6 nitrogen and oxygen atoms in total. The first-order valence-electron chi connectivity index (χ1n) is 9.76. The van der Waals surface area contributed by atoms with Crippen LogP contribution < -0.4 is 11.1 Å². The van der Waals surface area contributed by atoms with Gasteiger partial charge in [0.1, 0.15) is 0 Å². The minimum Gasteiger partial charge on any atom is -0.361 e. The molecule has 1 amide bonds. The first kappa shape index (κ1) is 17.5. The van der Waals surface area contributed by atoms with Gasteiger partial charge in [-0.25, -0.2) is 0 Å². The summed E-state index contributed by atoms with van der Waals surface area (Å²) < 4.78 is 0. The summed E-state index contributed by atoms with van der Waals surface area (Å²) in [6.07, 6.45) is 4.96. The summed E-state index contributed by atoms with van der Waals surface area (Å²) in [4.78, 5) is 20.5. The highest BCUT2D eigenvalue weighted by Crippen LogP contribution is 2.17. The van der Waals surface area contributed by atoms with Crippen LogP contribution in [-0.2, 0) is 11.2 Å². The molecule has 1 aromatic carbocycles. The number of nitrogens with one attached hydrogen (secondary N) is 2. The molecular weight excluding hydrogens is 326 g/mol. The van der Waals surface area contributed by atoms with Gasteiger partial charge in [0.15, 0.2) is 0 Å². The SMILES string of the molecule is NC(Cc1ccc2[nH]ccc2c1)C(=O)N1CCN(C2CCNCC2)CC1. The molecule has 2 aromatic rings. The maximum absolute atomic E-state index is 12.8. The molecule has 0 aliphatic carbocycles. The summed E-state index contributed by atoms with van der Waals surface area (Å²) in [5, 5.41) is 4.58. The van der Waals surface area contributed by atoms with Crippen LogP contribution in [0.2, 0.25) is 0 Å². The van der Waals surface area contributed by atoms with E-state index in [-0.39, 0.29) is 5.91 Å². The molecule has 1 atom stereocenters. The topological polar surface area (TPSA) is 77.4 Å². The summed E-state index contributed by atoms with van der Waals surface area (Å²) in [5.41, 5.74) is 8.49. The maximum atomic E-state index is 12.8. The lowest BCUT2D eigenvalue weighted by atomic mass is 10.0. The van der Waals surface area contributed by atoms with E-state index < -0.39 is 6.04 Å². The number of carbonyl (C=O) groups excluding carboxylic acids is 1. The van der Waals surface area contributed by atoms with E-state index in [0.717, 1.165) is 55.7 Å². The van der Waals surface area contributed by atoms with Crippen LogP contribution in [0.5, 0.6) is 0 Å². The zero-order valence-electron chi connectivity index (χ0n) is 15.3. The van der Waals surface area contributed by atoms with Crippen LogP contribution in [0.15, 0.2) is 30.5 Å². The predicted molar refractivity (Wildman–Crippen MR) is 104 cm³/mol. The summed E-state index contributed by atoms with van der Waals surface area (Å²) in [5.74, 6) is 0.0872. The van der Waals surface area contributed by atoms with E-state index in [9.17, 15) is 4.79 Å². The molecule has 1 unspecified atom stereocenters. The standard InChI is InChI=1S/C20H29N5O/c21-18(14-15-1-2-19-16(13-15)3-8-23-19)20(26)25-11-9-24(10-12-25)17-4-6-22-7-5-17/h1-3,8,13,17-18,22-23H,4-7,9-12,14,21H2. The van der Waals surface area contributed by atoms with E-state index in [4.69, 9.17) is 5.73 Å². The highest BCUT2D eigenvalue weighted by atomic mass is 16.2. The monoisotopic (exact) mass is 355 g/mol. The Morgan fingerprint density at radius 1 is 1.15 bits per heavy atom. The average molecular weight is 355 g/mol. The Kier molecular flexibility index (Phi) is 5.24. The second-order valence-electron chi connectivity index (χ2n) is 7.55. The van der Waals surface area contributed by atoms with Gasteiger partial charge in [0.2, 0.25) is 5.91 Å². The summed E-state index contributed by atoms with van der Waals surface area (Å²) in [7, 11) is 0. The molecule has 2 fully saturated rings. The summed E-state index contributed by atoms with van der Waals surface area (Å²) in [6.45, 7) is 5.76. The minimum atomic E-state index is -0.461. The third kappa shape index (κ3) is 3.77. The van der Waals surface area contributed by atoms with Gasteiger partial charge in [0.05, 0.1) is 6.04 Å². The molecule has 4 rings (SSSR count). The largest absolute Gasteiger partial charge is 0.361 e. The van der Waals surface area contributed by atoms with Crippen LogP contribution in [0, 0.1) is 0 Å². The first-order chi connectivity index (χ1) is 12.7. The zero-order chi connectivity index (χ0) is 17.9. The van der Waals surface area contributed by atoms with Crippen molar-refractivity contribution in [2.45, 2.75) is 31.3 Å². The molecule has 0 saturated carbocycles. The van der Waals surface area contributed by atoms with Gasteiger partial charge in [-0.1, -0.05) is 6.07 Å². The number of benzene rings is 1. The van der Waals surface area contributed by atoms with Crippen LogP contribution in [0.4, 0.5) is 0 Å². The van der Waals surface area contributed by atoms with Crippen molar-refractivity contribution in [1.82, 2.24) is 20.1 Å². The lowest BCUT2D eigenvalue weighted by Gasteiger charge is -2.41. The van der Waals surface area contributed by atoms with Crippen molar-refractivity contribution in [3.8, 4) is 0 Å². The Bertz CT molecular complexity index is 743. The van der Waals surface area contributed by atoms with Crippen molar-refractivity contribution in [1.29, 1.82) is 0 Å². The predicted octanol–water partition coefficient (Wildman–Crippen LogP) is 0.934. The molecule has 2 aliphatic heterocycles. The van der Waals surface area contributed by atoms with Crippen molar-refractivity contribution in [2.75, 3.05) is 39.3 Å². The Morgan fingerprint density at radius 2 is 1.92 bits per heavy atom. The van der Waals surface area contributed by atoms with Crippen LogP contribution in [-0.4, -0.2) is 72.0 Å². The van der Waals surface area contributed by atoms with E-state index in [1.54, 1.807) is 0 Å². The van der Waals surface area contributed by atoms with Crippen molar-refractivity contribution >= 4 is 16.8 Å². The van der Waals surface area contributed by atoms with Gasteiger partial charge < -0.3 is 20.9 Å². The normalized spacial score (nSPS) is 21.2. The van der Waals surface area contributed by atoms with Crippen molar-refractivity contribution < 1.29 is 4.79 Å². The van der Waals surface area contributed by atoms with E-state index in [1.165, 1.54) is 12.8 Å². The number of aromatic amines is 1.